The summed E-state index contributed by atoms with van der Waals surface area (Å²) in [6, 6.07) is 11.9. The molecule has 1 N–H and O–H groups in total. The zero-order valence-electron chi connectivity index (χ0n) is 15.3. The molecule has 1 aromatic heterocycles. The smallest absolute Gasteiger partial charge is 0.322 e. The lowest BCUT2D eigenvalue weighted by Gasteiger charge is -2.37. The Morgan fingerprint density at radius 2 is 2.00 bits per heavy atom. The molecule has 2 heterocycles. The van der Waals surface area contributed by atoms with Gasteiger partial charge in [0.05, 0.1) is 18.3 Å². The van der Waals surface area contributed by atoms with Gasteiger partial charge in [-0.2, -0.15) is 0 Å². The predicted octanol–water partition coefficient (Wildman–Crippen LogP) is 4.58. The van der Waals surface area contributed by atoms with E-state index in [0.29, 0.717) is 12.4 Å². The van der Waals surface area contributed by atoms with Crippen LogP contribution in [0.25, 0.3) is 0 Å². The number of nitrogens with one attached hydrogen (secondary N) is 1. The Kier molecular flexibility index (Phi) is 5.31. The van der Waals surface area contributed by atoms with Crippen molar-refractivity contribution >= 4 is 11.7 Å². The number of benzene rings is 1. The Balaban J connectivity index is 1.82. The quantitative estimate of drug-likeness (QED) is 0.865. The van der Waals surface area contributed by atoms with Gasteiger partial charge in [-0.25, -0.2) is 4.79 Å². The first-order valence-corrected chi connectivity index (χ1v) is 9.11. The molecule has 134 valence electrons. The van der Waals surface area contributed by atoms with E-state index in [1.807, 2.05) is 36.1 Å². The lowest BCUT2D eigenvalue weighted by Crippen LogP contribution is -2.44. The Bertz CT molecular complexity index is 738. The highest BCUT2D eigenvalue weighted by atomic mass is 16.5. The van der Waals surface area contributed by atoms with Crippen LogP contribution in [0.3, 0.4) is 0 Å². The fourth-order valence-electron chi connectivity index (χ4n) is 3.57. The summed E-state index contributed by atoms with van der Waals surface area (Å²) in [5, 5.41) is 3.04. The van der Waals surface area contributed by atoms with Crippen molar-refractivity contribution in [2.24, 2.45) is 0 Å². The number of rotatable bonds is 5. The van der Waals surface area contributed by atoms with E-state index < -0.39 is 0 Å². The van der Waals surface area contributed by atoms with E-state index in [4.69, 9.17) is 4.74 Å². The summed E-state index contributed by atoms with van der Waals surface area (Å²) in [5.41, 5.74) is 3.22. The third kappa shape index (κ3) is 3.50. The molecule has 2 aromatic rings. The van der Waals surface area contributed by atoms with Crippen molar-refractivity contribution in [3.8, 4) is 5.75 Å². The lowest BCUT2D eigenvalue weighted by molar-refractivity contribution is 0.162. The number of carbonyl (C=O) groups excluding carboxylic acids is 1. The van der Waals surface area contributed by atoms with E-state index in [2.05, 4.69) is 35.9 Å². The van der Waals surface area contributed by atoms with E-state index >= 15 is 0 Å². The van der Waals surface area contributed by atoms with Crippen LogP contribution in [0.5, 0.6) is 5.75 Å². The van der Waals surface area contributed by atoms with Crippen molar-refractivity contribution in [1.29, 1.82) is 0 Å². The summed E-state index contributed by atoms with van der Waals surface area (Å²) < 4.78 is 7.95. The van der Waals surface area contributed by atoms with Crippen LogP contribution >= 0.6 is 0 Å². The number of carbonyl (C=O) groups is 1. The van der Waals surface area contributed by atoms with Gasteiger partial charge in [-0.1, -0.05) is 25.5 Å². The number of fused-ring (bicyclic) bond motifs is 1. The minimum Gasteiger partial charge on any atom is -0.492 e. The van der Waals surface area contributed by atoms with Crippen LogP contribution in [0.15, 0.2) is 36.4 Å². The number of hydrogen-bond donors (Lipinski definition) is 1. The number of urea groups is 1. The molecule has 0 radical (unpaired) electrons. The van der Waals surface area contributed by atoms with Gasteiger partial charge in [0.25, 0.3) is 0 Å². The molecule has 3 rings (SSSR count). The summed E-state index contributed by atoms with van der Waals surface area (Å²) in [5.74, 6) is 0.710. The lowest BCUT2D eigenvalue weighted by atomic mass is 10.0. The largest absolute Gasteiger partial charge is 0.492 e. The number of ether oxygens (including phenoxy) is 1. The molecular weight excluding hydrogens is 314 g/mol. The maximum atomic E-state index is 13.0. The summed E-state index contributed by atoms with van der Waals surface area (Å²) in [7, 11) is 0. The van der Waals surface area contributed by atoms with E-state index in [1.165, 1.54) is 11.4 Å². The van der Waals surface area contributed by atoms with Gasteiger partial charge in [-0.15, -0.1) is 0 Å². The molecule has 2 amide bonds. The normalized spacial score (nSPS) is 16.4. The topological polar surface area (TPSA) is 46.5 Å². The van der Waals surface area contributed by atoms with Crippen LogP contribution in [0.4, 0.5) is 10.5 Å². The maximum Gasteiger partial charge on any atom is 0.322 e. The second kappa shape index (κ2) is 7.64. The van der Waals surface area contributed by atoms with Crippen molar-refractivity contribution < 1.29 is 9.53 Å². The highest BCUT2D eigenvalue weighted by Crippen LogP contribution is 2.32. The van der Waals surface area contributed by atoms with Crippen molar-refractivity contribution in [2.75, 3.05) is 18.5 Å². The minimum absolute atomic E-state index is 0.0595. The molecule has 0 unspecified atom stereocenters. The van der Waals surface area contributed by atoms with Crippen molar-refractivity contribution in [2.45, 2.75) is 46.2 Å². The molecule has 0 saturated heterocycles. The van der Waals surface area contributed by atoms with Gasteiger partial charge in [0.1, 0.15) is 5.75 Å². The summed E-state index contributed by atoms with van der Waals surface area (Å²) in [6.07, 6.45) is 2.00. The monoisotopic (exact) mass is 341 g/mol. The van der Waals surface area contributed by atoms with Crippen LogP contribution < -0.4 is 10.1 Å². The SMILES string of the molecule is CCC[C@H]1c2ccc(C)n2CCN1C(=O)Nc1ccccc1OCC. The third-order valence-electron chi connectivity index (χ3n) is 4.77. The molecule has 0 bridgehead atoms. The zero-order chi connectivity index (χ0) is 17.8. The third-order valence-corrected chi connectivity index (χ3v) is 4.77. The molecule has 0 spiro atoms. The molecular formula is C20H27N3O2. The molecule has 0 fully saturated rings. The molecule has 1 aliphatic rings. The van der Waals surface area contributed by atoms with E-state index in [1.54, 1.807) is 0 Å². The van der Waals surface area contributed by atoms with Gasteiger partial charge in [0, 0.05) is 24.5 Å². The number of nitrogens with zero attached hydrogens (tertiary/aromatic N) is 2. The van der Waals surface area contributed by atoms with Crippen molar-refractivity contribution in [1.82, 2.24) is 9.47 Å². The van der Waals surface area contributed by atoms with Gasteiger partial charge >= 0.3 is 6.03 Å². The minimum atomic E-state index is -0.0595. The molecule has 1 aliphatic heterocycles. The van der Waals surface area contributed by atoms with Crippen LogP contribution in [-0.2, 0) is 6.54 Å². The second-order valence-electron chi connectivity index (χ2n) is 6.41. The average molecular weight is 341 g/mol. The number of hydrogen-bond acceptors (Lipinski definition) is 2. The van der Waals surface area contributed by atoms with E-state index in [0.717, 1.165) is 31.6 Å². The van der Waals surface area contributed by atoms with Gasteiger partial charge in [-0.3, -0.25) is 0 Å². The zero-order valence-corrected chi connectivity index (χ0v) is 15.3. The van der Waals surface area contributed by atoms with Crippen LogP contribution in [-0.4, -0.2) is 28.6 Å². The van der Waals surface area contributed by atoms with Gasteiger partial charge < -0.3 is 19.5 Å². The van der Waals surface area contributed by atoms with E-state index in [9.17, 15) is 4.79 Å². The first-order valence-electron chi connectivity index (χ1n) is 9.11. The Hall–Kier alpha value is -2.43. The maximum absolute atomic E-state index is 13.0. The summed E-state index contributed by atoms with van der Waals surface area (Å²) in [6.45, 7) is 8.36. The fourth-order valence-corrected chi connectivity index (χ4v) is 3.57. The fraction of sp³-hybridized carbons (Fsp3) is 0.450. The Morgan fingerprint density at radius 3 is 2.76 bits per heavy atom. The molecule has 25 heavy (non-hydrogen) atoms. The second-order valence-corrected chi connectivity index (χ2v) is 6.41. The highest BCUT2D eigenvalue weighted by Gasteiger charge is 2.31. The van der Waals surface area contributed by atoms with Gasteiger partial charge in [0.15, 0.2) is 0 Å². The van der Waals surface area contributed by atoms with Crippen LogP contribution in [0, 0.1) is 6.92 Å². The molecule has 1 atom stereocenters. The summed E-state index contributed by atoms with van der Waals surface area (Å²) in [4.78, 5) is 14.9. The molecule has 0 aliphatic carbocycles. The van der Waals surface area contributed by atoms with Crippen LogP contribution in [0.2, 0.25) is 0 Å². The number of anilines is 1. The van der Waals surface area contributed by atoms with Gasteiger partial charge in [0.2, 0.25) is 0 Å². The standard InChI is InChI=1S/C20H27N3O2/c1-4-8-17-18-12-11-15(3)22(18)13-14-23(17)20(24)21-16-9-6-7-10-19(16)25-5-2/h6-7,9-12,17H,4-5,8,13-14H2,1-3H3,(H,21,24)/t17-/m0/s1. The molecule has 5 heteroatoms. The number of aryl methyl sites for hydroxylation is 1. The first kappa shape index (κ1) is 17.4. The first-order chi connectivity index (χ1) is 12.2. The highest BCUT2D eigenvalue weighted by molar-refractivity contribution is 5.91. The number of amides is 2. The van der Waals surface area contributed by atoms with Crippen molar-refractivity contribution in [3.05, 3.63) is 47.8 Å². The number of aromatic nitrogens is 1. The predicted molar refractivity (Wildman–Crippen MR) is 100 cm³/mol. The van der Waals surface area contributed by atoms with Crippen molar-refractivity contribution in [3.63, 3.8) is 0 Å². The van der Waals surface area contributed by atoms with Gasteiger partial charge in [-0.05, 0) is 44.5 Å². The Morgan fingerprint density at radius 1 is 1.20 bits per heavy atom. The molecule has 1 aromatic carbocycles. The van der Waals surface area contributed by atoms with Crippen LogP contribution in [0.1, 0.15) is 44.1 Å². The average Bonchev–Trinajstić information content (AvgIpc) is 2.99. The van der Waals surface area contributed by atoms with E-state index in [-0.39, 0.29) is 12.1 Å². The molecule has 5 nitrogen and oxygen atoms in total. The Labute approximate surface area is 149 Å². The molecule has 0 saturated carbocycles. The number of para-hydroxylation sites is 2. The summed E-state index contributed by atoms with van der Waals surface area (Å²) >= 11 is 0.